The highest BCUT2D eigenvalue weighted by Gasteiger charge is 2.26. The molecule has 5 nitrogen and oxygen atoms in total. The van der Waals surface area contributed by atoms with Gasteiger partial charge in [-0.15, -0.1) is 0 Å². The van der Waals surface area contributed by atoms with Crippen LogP contribution >= 0.6 is 0 Å². The number of hydrogen-bond donors (Lipinski definition) is 3. The first-order valence-electron chi connectivity index (χ1n) is 8.25. The maximum absolute atomic E-state index is 13.5. The van der Waals surface area contributed by atoms with Crippen molar-refractivity contribution in [1.29, 1.82) is 0 Å². The zero-order chi connectivity index (χ0) is 17.5. The van der Waals surface area contributed by atoms with Crippen molar-refractivity contribution in [1.82, 2.24) is 10.6 Å². The van der Waals surface area contributed by atoms with E-state index in [1.807, 2.05) is 0 Å². The second-order valence-electron chi connectivity index (χ2n) is 6.24. The predicted octanol–water partition coefficient (Wildman–Crippen LogP) is 2.58. The number of aliphatic hydroxyl groups excluding tert-OH is 1. The third-order valence-corrected chi connectivity index (χ3v) is 4.22. The number of benzene rings is 1. The molecule has 1 aromatic carbocycles. The van der Waals surface area contributed by atoms with Crippen molar-refractivity contribution >= 4 is 6.03 Å². The molecule has 0 aliphatic heterocycles. The van der Waals surface area contributed by atoms with E-state index in [2.05, 4.69) is 10.6 Å². The van der Waals surface area contributed by atoms with Crippen molar-refractivity contribution in [2.24, 2.45) is 5.92 Å². The Balaban J connectivity index is 1.76. The van der Waals surface area contributed by atoms with E-state index < -0.39 is 11.6 Å². The molecule has 3 unspecified atom stereocenters. The van der Waals surface area contributed by atoms with Gasteiger partial charge in [0.25, 0.3) is 0 Å². The number of halogens is 2. The summed E-state index contributed by atoms with van der Waals surface area (Å²) in [4.78, 5) is 12.0. The molecule has 1 aliphatic carbocycles. The average Bonchev–Trinajstić information content (AvgIpc) is 2.54. The number of ether oxygens (including phenoxy) is 1. The van der Waals surface area contributed by atoms with Gasteiger partial charge in [0.2, 0.25) is 0 Å². The smallest absolute Gasteiger partial charge is 0.315 e. The third-order valence-electron chi connectivity index (χ3n) is 4.22. The first-order valence-corrected chi connectivity index (χ1v) is 8.25. The SMILES string of the molecule is CC(COc1ccc(F)cc1F)NC(=O)NC1CCCCC1CO. The second-order valence-corrected chi connectivity index (χ2v) is 6.24. The van der Waals surface area contributed by atoms with Crippen molar-refractivity contribution in [2.45, 2.75) is 44.7 Å². The number of rotatable bonds is 6. The fourth-order valence-corrected chi connectivity index (χ4v) is 2.90. The number of carbonyl (C=O) groups is 1. The van der Waals surface area contributed by atoms with Crippen LogP contribution in [0, 0.1) is 17.6 Å². The predicted molar refractivity (Wildman–Crippen MR) is 85.8 cm³/mol. The van der Waals surface area contributed by atoms with Crippen molar-refractivity contribution < 1.29 is 23.4 Å². The van der Waals surface area contributed by atoms with E-state index in [0.29, 0.717) is 0 Å². The largest absolute Gasteiger partial charge is 0.488 e. The summed E-state index contributed by atoms with van der Waals surface area (Å²) in [6, 6.07) is 2.35. The summed E-state index contributed by atoms with van der Waals surface area (Å²) in [6.07, 6.45) is 3.86. The quantitative estimate of drug-likeness (QED) is 0.744. The zero-order valence-electron chi connectivity index (χ0n) is 13.7. The molecule has 1 aliphatic rings. The molecular weight excluding hydrogens is 318 g/mol. The van der Waals surface area contributed by atoms with E-state index in [4.69, 9.17) is 4.74 Å². The summed E-state index contributed by atoms with van der Waals surface area (Å²) in [5, 5.41) is 15.0. The fraction of sp³-hybridized carbons (Fsp3) is 0.588. The lowest BCUT2D eigenvalue weighted by molar-refractivity contribution is 0.152. The minimum Gasteiger partial charge on any atom is -0.488 e. The maximum Gasteiger partial charge on any atom is 0.315 e. The van der Waals surface area contributed by atoms with Gasteiger partial charge < -0.3 is 20.5 Å². The lowest BCUT2D eigenvalue weighted by Gasteiger charge is -2.31. The normalized spacial score (nSPS) is 21.8. The highest BCUT2D eigenvalue weighted by atomic mass is 19.1. The minimum atomic E-state index is -0.778. The highest BCUT2D eigenvalue weighted by Crippen LogP contribution is 2.23. The van der Waals surface area contributed by atoms with Crippen LogP contribution in [0.1, 0.15) is 32.6 Å². The van der Waals surface area contributed by atoms with E-state index in [1.54, 1.807) is 6.92 Å². The molecule has 7 heteroatoms. The Morgan fingerprint density at radius 2 is 2.12 bits per heavy atom. The molecule has 1 fully saturated rings. The molecular formula is C17H24F2N2O3. The molecule has 0 radical (unpaired) electrons. The van der Waals surface area contributed by atoms with E-state index in [0.717, 1.165) is 37.8 Å². The van der Waals surface area contributed by atoms with Crippen molar-refractivity contribution in [3.05, 3.63) is 29.8 Å². The molecule has 0 saturated heterocycles. The van der Waals surface area contributed by atoms with Crippen LogP contribution in [0.2, 0.25) is 0 Å². The van der Waals surface area contributed by atoms with Gasteiger partial charge in [-0.1, -0.05) is 12.8 Å². The van der Waals surface area contributed by atoms with Crippen LogP contribution in [0.25, 0.3) is 0 Å². The van der Waals surface area contributed by atoms with E-state index in [1.165, 1.54) is 6.07 Å². The Bertz CT molecular complexity index is 557. The molecule has 24 heavy (non-hydrogen) atoms. The lowest BCUT2D eigenvalue weighted by Crippen LogP contribution is -2.50. The molecule has 1 aromatic rings. The van der Waals surface area contributed by atoms with Crippen LogP contribution in [0.5, 0.6) is 5.75 Å². The molecule has 2 rings (SSSR count). The molecule has 3 N–H and O–H groups in total. The molecule has 2 amide bonds. The summed E-state index contributed by atoms with van der Waals surface area (Å²) >= 11 is 0. The summed E-state index contributed by atoms with van der Waals surface area (Å²) in [5.41, 5.74) is 0. The molecule has 0 spiro atoms. The van der Waals surface area contributed by atoms with Crippen LogP contribution in [0.15, 0.2) is 18.2 Å². The van der Waals surface area contributed by atoms with Crippen LogP contribution in [-0.4, -0.2) is 36.4 Å². The first-order chi connectivity index (χ1) is 11.5. The van der Waals surface area contributed by atoms with E-state index in [-0.39, 0.29) is 43.0 Å². The van der Waals surface area contributed by atoms with Gasteiger partial charge in [-0.2, -0.15) is 0 Å². The topological polar surface area (TPSA) is 70.6 Å². The number of nitrogens with one attached hydrogen (secondary N) is 2. The molecule has 0 aromatic heterocycles. The average molecular weight is 342 g/mol. The number of urea groups is 1. The van der Waals surface area contributed by atoms with Crippen LogP contribution in [0.3, 0.4) is 0 Å². The minimum absolute atomic E-state index is 0.0357. The van der Waals surface area contributed by atoms with Crippen LogP contribution in [-0.2, 0) is 0 Å². The Morgan fingerprint density at radius 1 is 1.38 bits per heavy atom. The van der Waals surface area contributed by atoms with Gasteiger partial charge in [0.1, 0.15) is 12.4 Å². The highest BCUT2D eigenvalue weighted by molar-refractivity contribution is 5.74. The van der Waals surface area contributed by atoms with E-state index >= 15 is 0 Å². The molecule has 0 bridgehead atoms. The lowest BCUT2D eigenvalue weighted by atomic mass is 9.85. The molecule has 134 valence electrons. The van der Waals surface area contributed by atoms with Gasteiger partial charge in [0.15, 0.2) is 11.6 Å². The fourth-order valence-electron chi connectivity index (χ4n) is 2.90. The Hall–Kier alpha value is -1.89. The van der Waals surface area contributed by atoms with E-state index in [9.17, 15) is 18.7 Å². The summed E-state index contributed by atoms with van der Waals surface area (Å²) in [7, 11) is 0. The van der Waals surface area contributed by atoms with Gasteiger partial charge in [-0.3, -0.25) is 0 Å². The van der Waals surface area contributed by atoms with Gasteiger partial charge >= 0.3 is 6.03 Å². The van der Waals surface area contributed by atoms with Crippen molar-refractivity contribution in [2.75, 3.05) is 13.2 Å². The molecule has 1 saturated carbocycles. The van der Waals surface area contributed by atoms with Gasteiger partial charge in [0.05, 0.1) is 6.04 Å². The second kappa shape index (κ2) is 8.82. The Kier molecular flexibility index (Phi) is 6.78. The van der Waals surface area contributed by atoms with Crippen molar-refractivity contribution in [3.8, 4) is 5.75 Å². The maximum atomic E-state index is 13.5. The monoisotopic (exact) mass is 342 g/mol. The van der Waals surface area contributed by atoms with Gasteiger partial charge in [-0.05, 0) is 31.9 Å². The number of aliphatic hydroxyl groups is 1. The zero-order valence-corrected chi connectivity index (χ0v) is 13.7. The standard InChI is InChI=1S/C17H24F2N2O3/c1-11(10-24-16-7-6-13(18)8-14(16)19)20-17(23)21-15-5-3-2-4-12(15)9-22/h6-8,11-12,15,22H,2-5,9-10H2,1H3,(H2,20,21,23). The van der Waals surface area contributed by atoms with Crippen LogP contribution < -0.4 is 15.4 Å². The molecule has 3 atom stereocenters. The van der Waals surface area contributed by atoms with Crippen LogP contribution in [0.4, 0.5) is 13.6 Å². The summed E-state index contributed by atoms with van der Waals surface area (Å²) in [5.74, 6) is -1.42. The van der Waals surface area contributed by atoms with Crippen molar-refractivity contribution in [3.63, 3.8) is 0 Å². The third kappa shape index (κ3) is 5.33. The summed E-state index contributed by atoms with van der Waals surface area (Å²) in [6.45, 7) is 1.85. The summed E-state index contributed by atoms with van der Waals surface area (Å²) < 4.78 is 31.6. The van der Waals surface area contributed by atoms with Gasteiger partial charge in [0, 0.05) is 24.6 Å². The first kappa shape index (κ1) is 18.4. The Morgan fingerprint density at radius 3 is 2.83 bits per heavy atom. The van der Waals surface area contributed by atoms with Gasteiger partial charge in [-0.25, -0.2) is 13.6 Å². The molecule has 0 heterocycles. The number of carbonyl (C=O) groups excluding carboxylic acids is 1. The number of amides is 2. The number of hydrogen-bond acceptors (Lipinski definition) is 3. The Labute approximate surface area is 140 Å².